The summed E-state index contributed by atoms with van der Waals surface area (Å²) >= 11 is 6.50. The average molecular weight is 250 g/mol. The van der Waals surface area contributed by atoms with E-state index in [0.717, 1.165) is 10.6 Å². The smallest absolute Gasteiger partial charge is 0.140 e. The average Bonchev–Trinajstić information content (AvgIpc) is 2.79. The van der Waals surface area contributed by atoms with Crippen LogP contribution >= 0.6 is 23.6 Å². The summed E-state index contributed by atoms with van der Waals surface area (Å²) in [7, 11) is 0. The highest BCUT2D eigenvalue weighted by Crippen LogP contribution is 2.19. The predicted molar refractivity (Wildman–Crippen MR) is 68.8 cm³/mol. The number of benzene rings is 1. The van der Waals surface area contributed by atoms with Crippen LogP contribution in [0.15, 0.2) is 35.8 Å². The van der Waals surface area contributed by atoms with E-state index in [1.165, 1.54) is 0 Å². The molecule has 0 fully saturated rings. The van der Waals surface area contributed by atoms with E-state index < -0.39 is 0 Å². The lowest BCUT2D eigenvalue weighted by Crippen LogP contribution is -2.11. The third kappa shape index (κ3) is 2.56. The van der Waals surface area contributed by atoms with Crippen molar-refractivity contribution in [2.45, 2.75) is 6.61 Å². The summed E-state index contributed by atoms with van der Waals surface area (Å²) in [5.74, 6) is 0.699. The van der Waals surface area contributed by atoms with Gasteiger partial charge in [-0.15, -0.1) is 11.3 Å². The van der Waals surface area contributed by atoms with Crippen molar-refractivity contribution in [2.75, 3.05) is 0 Å². The number of nitrogens with two attached hydrogens (primary N) is 1. The van der Waals surface area contributed by atoms with E-state index in [1.54, 1.807) is 17.5 Å². The molecule has 1 heterocycles. The summed E-state index contributed by atoms with van der Waals surface area (Å²) in [6.07, 6.45) is 1.75. The molecule has 0 saturated carbocycles. The Morgan fingerprint density at radius 2 is 2.25 bits per heavy atom. The number of ether oxygens (including phenoxy) is 1. The Morgan fingerprint density at radius 1 is 1.44 bits per heavy atom. The largest absolute Gasteiger partial charge is 0.486 e. The Morgan fingerprint density at radius 3 is 2.94 bits per heavy atom. The Kier molecular flexibility index (Phi) is 3.48. The topological polar surface area (TPSA) is 48.1 Å². The first-order valence-electron chi connectivity index (χ1n) is 4.67. The fourth-order valence-corrected chi connectivity index (χ4v) is 1.96. The third-order valence-electron chi connectivity index (χ3n) is 1.99. The van der Waals surface area contributed by atoms with Crippen LogP contribution in [0.3, 0.4) is 0 Å². The molecule has 0 atom stereocenters. The highest BCUT2D eigenvalue weighted by Gasteiger charge is 2.05. The van der Waals surface area contributed by atoms with E-state index in [-0.39, 0.29) is 0 Å². The van der Waals surface area contributed by atoms with Crippen LogP contribution in [-0.4, -0.2) is 9.97 Å². The van der Waals surface area contributed by atoms with Crippen LogP contribution in [0.2, 0.25) is 0 Å². The molecule has 0 unspecified atom stereocenters. The summed E-state index contributed by atoms with van der Waals surface area (Å²) in [5.41, 5.74) is 6.36. The van der Waals surface area contributed by atoms with Crippen molar-refractivity contribution >= 4 is 28.5 Å². The molecule has 0 radical (unpaired) electrons. The van der Waals surface area contributed by atoms with Crippen molar-refractivity contribution < 1.29 is 4.74 Å². The van der Waals surface area contributed by atoms with Gasteiger partial charge in [-0.3, -0.25) is 0 Å². The SMILES string of the molecule is NC(=S)c1ccccc1OCc1nccs1. The minimum Gasteiger partial charge on any atom is -0.486 e. The molecule has 0 aliphatic rings. The zero-order chi connectivity index (χ0) is 11.4. The molecule has 0 spiro atoms. The molecule has 3 nitrogen and oxygen atoms in total. The first-order valence-corrected chi connectivity index (χ1v) is 5.96. The van der Waals surface area contributed by atoms with Crippen LogP contribution in [0, 0.1) is 0 Å². The lowest BCUT2D eigenvalue weighted by atomic mass is 10.2. The molecule has 2 N–H and O–H groups in total. The van der Waals surface area contributed by atoms with Gasteiger partial charge in [-0.2, -0.15) is 0 Å². The summed E-state index contributed by atoms with van der Waals surface area (Å²) in [5, 5.41) is 2.84. The van der Waals surface area contributed by atoms with E-state index in [4.69, 9.17) is 22.7 Å². The summed E-state index contributed by atoms with van der Waals surface area (Å²) in [6.45, 7) is 0.442. The third-order valence-corrected chi connectivity index (χ3v) is 2.96. The number of aromatic nitrogens is 1. The van der Waals surface area contributed by atoms with Crippen LogP contribution in [0.1, 0.15) is 10.6 Å². The van der Waals surface area contributed by atoms with Crippen LogP contribution in [0.5, 0.6) is 5.75 Å². The number of thiocarbonyl (C=S) groups is 1. The molecule has 1 aromatic carbocycles. The number of rotatable bonds is 4. The maximum atomic E-state index is 5.62. The van der Waals surface area contributed by atoms with Gasteiger partial charge in [0.1, 0.15) is 22.4 Å². The van der Waals surface area contributed by atoms with Gasteiger partial charge in [-0.25, -0.2) is 4.98 Å². The van der Waals surface area contributed by atoms with E-state index in [1.807, 2.05) is 29.6 Å². The maximum Gasteiger partial charge on any atom is 0.140 e. The molecule has 2 aromatic rings. The summed E-state index contributed by atoms with van der Waals surface area (Å²) in [6, 6.07) is 7.46. The molecule has 82 valence electrons. The molecular formula is C11H10N2OS2. The lowest BCUT2D eigenvalue weighted by Gasteiger charge is -2.08. The van der Waals surface area contributed by atoms with Crippen molar-refractivity contribution in [1.29, 1.82) is 0 Å². The van der Waals surface area contributed by atoms with E-state index in [2.05, 4.69) is 4.98 Å². The fraction of sp³-hybridized carbons (Fsp3) is 0.0909. The molecule has 2 rings (SSSR count). The Balaban J connectivity index is 2.12. The van der Waals surface area contributed by atoms with Crippen molar-refractivity contribution in [2.24, 2.45) is 5.73 Å². The van der Waals surface area contributed by atoms with Crippen LogP contribution in [0.25, 0.3) is 0 Å². The fourth-order valence-electron chi connectivity index (χ4n) is 1.26. The second-order valence-corrected chi connectivity index (χ2v) is 4.49. The zero-order valence-electron chi connectivity index (χ0n) is 8.42. The molecule has 0 bridgehead atoms. The normalized spacial score (nSPS) is 10.0. The zero-order valence-corrected chi connectivity index (χ0v) is 10.1. The minimum absolute atomic E-state index is 0.342. The maximum absolute atomic E-state index is 5.62. The Labute approximate surface area is 103 Å². The first-order chi connectivity index (χ1) is 7.77. The highest BCUT2D eigenvalue weighted by atomic mass is 32.1. The molecule has 0 aliphatic carbocycles. The molecule has 16 heavy (non-hydrogen) atoms. The summed E-state index contributed by atoms with van der Waals surface area (Å²) < 4.78 is 5.62. The predicted octanol–water partition coefficient (Wildman–Crippen LogP) is 2.36. The number of thiazole rings is 1. The number of hydrogen-bond acceptors (Lipinski definition) is 4. The van der Waals surface area contributed by atoms with Crippen molar-refractivity contribution in [3.63, 3.8) is 0 Å². The van der Waals surface area contributed by atoms with Crippen molar-refractivity contribution in [1.82, 2.24) is 4.98 Å². The lowest BCUT2D eigenvalue weighted by molar-refractivity contribution is 0.305. The number of para-hydroxylation sites is 1. The molecule has 0 saturated heterocycles. The number of nitrogens with zero attached hydrogens (tertiary/aromatic N) is 1. The van der Waals surface area contributed by atoms with E-state index in [0.29, 0.717) is 17.3 Å². The molecule has 5 heteroatoms. The molecular weight excluding hydrogens is 240 g/mol. The van der Waals surface area contributed by atoms with Gasteiger partial charge < -0.3 is 10.5 Å². The molecule has 1 aromatic heterocycles. The van der Waals surface area contributed by atoms with Gasteiger partial charge in [-0.1, -0.05) is 24.4 Å². The highest BCUT2D eigenvalue weighted by molar-refractivity contribution is 7.80. The van der Waals surface area contributed by atoms with Gasteiger partial charge >= 0.3 is 0 Å². The van der Waals surface area contributed by atoms with Gasteiger partial charge in [0.2, 0.25) is 0 Å². The van der Waals surface area contributed by atoms with Crippen molar-refractivity contribution in [3.05, 3.63) is 46.4 Å². The van der Waals surface area contributed by atoms with Gasteiger partial charge in [0.15, 0.2) is 0 Å². The Bertz CT molecular complexity index is 482. The second kappa shape index (κ2) is 5.05. The van der Waals surface area contributed by atoms with Gasteiger partial charge in [0.25, 0.3) is 0 Å². The second-order valence-electron chi connectivity index (χ2n) is 3.07. The number of hydrogen-bond donors (Lipinski definition) is 1. The van der Waals surface area contributed by atoms with Gasteiger partial charge in [-0.05, 0) is 12.1 Å². The van der Waals surface area contributed by atoms with Crippen LogP contribution < -0.4 is 10.5 Å². The van der Waals surface area contributed by atoms with E-state index in [9.17, 15) is 0 Å². The monoisotopic (exact) mass is 250 g/mol. The minimum atomic E-state index is 0.342. The van der Waals surface area contributed by atoms with Crippen molar-refractivity contribution in [3.8, 4) is 5.75 Å². The standard InChI is InChI=1S/C11H10N2OS2/c12-11(15)8-3-1-2-4-9(8)14-7-10-13-5-6-16-10/h1-6H,7H2,(H2,12,15). The molecule has 0 amide bonds. The Hall–Kier alpha value is -1.46. The molecule has 0 aliphatic heterocycles. The quantitative estimate of drug-likeness (QED) is 0.846. The van der Waals surface area contributed by atoms with Crippen LogP contribution in [0.4, 0.5) is 0 Å². The van der Waals surface area contributed by atoms with Gasteiger partial charge in [0.05, 0.1) is 5.56 Å². The van der Waals surface area contributed by atoms with Gasteiger partial charge in [0, 0.05) is 11.6 Å². The first kappa shape index (κ1) is 11.0. The van der Waals surface area contributed by atoms with Crippen LogP contribution in [-0.2, 0) is 6.61 Å². The summed E-state index contributed by atoms with van der Waals surface area (Å²) in [4.78, 5) is 4.48. The van der Waals surface area contributed by atoms with E-state index >= 15 is 0 Å².